The molecule has 2 rings (SSSR count). The van der Waals surface area contributed by atoms with Gasteiger partial charge in [-0.3, -0.25) is 9.78 Å². The molecule has 0 bridgehead atoms. The molecular weight excluding hydrogens is 252 g/mol. The van der Waals surface area contributed by atoms with Gasteiger partial charge < -0.3 is 5.32 Å². The van der Waals surface area contributed by atoms with Gasteiger partial charge in [0, 0.05) is 5.69 Å². The Morgan fingerprint density at radius 1 is 1.11 bits per heavy atom. The number of pyridine rings is 2. The molecule has 2 heterocycles. The van der Waals surface area contributed by atoms with Gasteiger partial charge in [0.2, 0.25) is 11.9 Å². The molecule has 0 saturated carbocycles. The van der Waals surface area contributed by atoms with Crippen LogP contribution >= 0.6 is 0 Å². The quantitative estimate of drug-likeness (QED) is 0.847. The van der Waals surface area contributed by atoms with Crippen molar-refractivity contribution in [3.8, 4) is 0 Å². The van der Waals surface area contributed by atoms with E-state index in [0.29, 0.717) is 11.3 Å². The molecule has 1 N–H and O–H groups in total. The van der Waals surface area contributed by atoms with E-state index in [1.54, 1.807) is 26.0 Å². The van der Waals surface area contributed by atoms with E-state index >= 15 is 0 Å². The predicted octanol–water partition coefficient (Wildman–Crippen LogP) is 2.62. The van der Waals surface area contributed by atoms with E-state index in [1.807, 2.05) is 0 Å². The van der Waals surface area contributed by atoms with Crippen molar-refractivity contribution in [3.63, 3.8) is 0 Å². The molecule has 0 unspecified atom stereocenters. The van der Waals surface area contributed by atoms with Gasteiger partial charge >= 0.3 is 0 Å². The molecule has 1 amide bonds. The number of nitrogens with one attached hydrogen (secondary N) is 1. The van der Waals surface area contributed by atoms with Crippen molar-refractivity contribution in [2.45, 2.75) is 13.8 Å². The average Bonchev–Trinajstić information content (AvgIpc) is 2.32. The molecule has 0 spiro atoms. The maximum Gasteiger partial charge on any atom is 0.257 e. The number of rotatable bonds is 2. The topological polar surface area (TPSA) is 54.9 Å². The van der Waals surface area contributed by atoms with Crippen LogP contribution in [0.1, 0.15) is 21.7 Å². The van der Waals surface area contributed by atoms with Crippen molar-refractivity contribution in [2.24, 2.45) is 0 Å². The number of nitrogens with zero attached hydrogens (tertiary/aromatic N) is 2. The Morgan fingerprint density at radius 3 is 2.47 bits per heavy atom. The Balaban J connectivity index is 2.25. The number of halogens is 2. The van der Waals surface area contributed by atoms with Crippen LogP contribution in [0.15, 0.2) is 24.3 Å². The summed E-state index contributed by atoms with van der Waals surface area (Å²) >= 11 is 0. The molecule has 0 aliphatic rings. The predicted molar refractivity (Wildman–Crippen MR) is 65.8 cm³/mol. The number of aromatic nitrogens is 2. The molecule has 0 atom stereocenters. The van der Waals surface area contributed by atoms with E-state index in [9.17, 15) is 13.6 Å². The van der Waals surface area contributed by atoms with E-state index in [-0.39, 0.29) is 5.69 Å². The van der Waals surface area contributed by atoms with E-state index in [2.05, 4.69) is 15.3 Å². The summed E-state index contributed by atoms with van der Waals surface area (Å²) in [5.74, 6) is -2.52. The Kier molecular flexibility index (Phi) is 3.50. The van der Waals surface area contributed by atoms with Gasteiger partial charge in [-0.15, -0.1) is 0 Å². The Labute approximate surface area is 108 Å². The fraction of sp³-hybridized carbons (Fsp3) is 0.154. The maximum absolute atomic E-state index is 13.3. The summed E-state index contributed by atoms with van der Waals surface area (Å²) in [5.41, 5.74) is 1.47. The first-order valence-electron chi connectivity index (χ1n) is 5.55. The number of carbonyl (C=O) groups is 1. The van der Waals surface area contributed by atoms with Crippen molar-refractivity contribution in [1.82, 2.24) is 9.97 Å². The Hall–Kier alpha value is -2.37. The van der Waals surface area contributed by atoms with Gasteiger partial charge in [-0.25, -0.2) is 0 Å². The number of amides is 1. The second-order valence-corrected chi connectivity index (χ2v) is 4.01. The highest BCUT2D eigenvalue weighted by Crippen LogP contribution is 2.14. The lowest BCUT2D eigenvalue weighted by molar-refractivity contribution is 0.102. The van der Waals surface area contributed by atoms with Crippen molar-refractivity contribution < 1.29 is 13.6 Å². The lowest BCUT2D eigenvalue weighted by atomic mass is 10.1. The van der Waals surface area contributed by atoms with Crippen LogP contribution in [0, 0.1) is 25.7 Å². The second kappa shape index (κ2) is 5.09. The molecule has 0 saturated heterocycles. The second-order valence-electron chi connectivity index (χ2n) is 4.01. The van der Waals surface area contributed by atoms with Crippen LogP contribution in [0.2, 0.25) is 0 Å². The lowest BCUT2D eigenvalue weighted by Gasteiger charge is -2.08. The van der Waals surface area contributed by atoms with Crippen molar-refractivity contribution >= 4 is 11.6 Å². The van der Waals surface area contributed by atoms with Crippen molar-refractivity contribution in [2.75, 3.05) is 5.32 Å². The minimum absolute atomic E-state index is 0.175. The fourth-order valence-corrected chi connectivity index (χ4v) is 1.62. The summed E-state index contributed by atoms with van der Waals surface area (Å²) in [6.07, 6.45) is 0. The zero-order valence-electron chi connectivity index (χ0n) is 10.4. The van der Waals surface area contributed by atoms with Crippen LogP contribution < -0.4 is 5.32 Å². The van der Waals surface area contributed by atoms with Crippen LogP contribution in [-0.2, 0) is 0 Å². The van der Waals surface area contributed by atoms with Gasteiger partial charge in [0.15, 0.2) is 0 Å². The van der Waals surface area contributed by atoms with Crippen LogP contribution in [-0.4, -0.2) is 15.9 Å². The van der Waals surface area contributed by atoms with Crippen LogP contribution in [0.3, 0.4) is 0 Å². The van der Waals surface area contributed by atoms with Crippen molar-refractivity contribution in [1.29, 1.82) is 0 Å². The van der Waals surface area contributed by atoms with E-state index in [1.165, 1.54) is 0 Å². The van der Waals surface area contributed by atoms with Crippen molar-refractivity contribution in [3.05, 3.63) is 53.1 Å². The fourth-order valence-electron chi connectivity index (χ4n) is 1.62. The summed E-state index contributed by atoms with van der Waals surface area (Å²) in [7, 11) is 0. The number of aryl methyl sites for hydroxylation is 2. The smallest absolute Gasteiger partial charge is 0.257 e. The highest BCUT2D eigenvalue weighted by Gasteiger charge is 2.13. The third-order valence-electron chi connectivity index (χ3n) is 2.53. The van der Waals surface area contributed by atoms with Crippen LogP contribution in [0.25, 0.3) is 0 Å². The number of anilines is 1. The molecule has 0 radical (unpaired) electrons. The average molecular weight is 263 g/mol. The third kappa shape index (κ3) is 2.90. The molecule has 2 aromatic heterocycles. The highest BCUT2D eigenvalue weighted by molar-refractivity contribution is 6.04. The summed E-state index contributed by atoms with van der Waals surface area (Å²) < 4.78 is 26.0. The molecular formula is C13H11F2N3O. The normalized spacial score (nSPS) is 10.3. The first-order valence-corrected chi connectivity index (χ1v) is 5.55. The standard InChI is InChI=1S/C13H11F2N3O/c1-7-3-4-9(8(2)16-7)13(19)17-10-5-6-11(14)18-12(10)15/h3-6H,1-2H3,(H,17,19). The molecule has 6 heteroatoms. The number of hydrogen-bond donors (Lipinski definition) is 1. The maximum atomic E-state index is 13.3. The SMILES string of the molecule is Cc1ccc(C(=O)Nc2ccc(F)nc2F)c(C)n1. The first kappa shape index (κ1) is 13.1. The van der Waals surface area contributed by atoms with Gasteiger partial charge in [-0.2, -0.15) is 13.8 Å². The van der Waals surface area contributed by atoms with E-state index in [4.69, 9.17) is 0 Å². The largest absolute Gasteiger partial charge is 0.318 e. The minimum atomic E-state index is -1.06. The highest BCUT2D eigenvalue weighted by atomic mass is 19.1. The third-order valence-corrected chi connectivity index (χ3v) is 2.53. The molecule has 98 valence electrons. The Bertz CT molecular complexity index is 644. The van der Waals surface area contributed by atoms with Gasteiger partial charge in [0.1, 0.15) is 0 Å². The summed E-state index contributed by atoms with van der Waals surface area (Å²) in [5, 5.41) is 2.33. The van der Waals surface area contributed by atoms with E-state index < -0.39 is 17.8 Å². The number of hydrogen-bond acceptors (Lipinski definition) is 3. The first-order chi connectivity index (χ1) is 8.97. The monoisotopic (exact) mass is 263 g/mol. The summed E-state index contributed by atoms with van der Waals surface area (Å²) in [6.45, 7) is 3.49. The molecule has 0 aromatic carbocycles. The van der Waals surface area contributed by atoms with Gasteiger partial charge in [-0.1, -0.05) is 0 Å². The van der Waals surface area contributed by atoms with Crippen LogP contribution in [0.4, 0.5) is 14.5 Å². The minimum Gasteiger partial charge on any atom is -0.318 e. The zero-order valence-corrected chi connectivity index (χ0v) is 10.4. The lowest BCUT2D eigenvalue weighted by Crippen LogP contribution is -2.15. The Morgan fingerprint density at radius 2 is 1.84 bits per heavy atom. The summed E-state index contributed by atoms with van der Waals surface area (Å²) in [6, 6.07) is 5.37. The molecule has 0 aliphatic heterocycles. The summed E-state index contributed by atoms with van der Waals surface area (Å²) in [4.78, 5) is 19.1. The molecule has 0 aliphatic carbocycles. The van der Waals surface area contributed by atoms with Crippen LogP contribution in [0.5, 0.6) is 0 Å². The van der Waals surface area contributed by atoms with Gasteiger partial charge in [-0.05, 0) is 38.1 Å². The molecule has 19 heavy (non-hydrogen) atoms. The zero-order chi connectivity index (χ0) is 14.0. The molecule has 0 fully saturated rings. The van der Waals surface area contributed by atoms with Gasteiger partial charge in [0.05, 0.1) is 16.9 Å². The molecule has 2 aromatic rings. The number of carbonyl (C=O) groups excluding carboxylic acids is 1. The van der Waals surface area contributed by atoms with Gasteiger partial charge in [0.25, 0.3) is 5.91 Å². The molecule has 4 nitrogen and oxygen atoms in total. The van der Waals surface area contributed by atoms with E-state index in [0.717, 1.165) is 17.8 Å².